The van der Waals surface area contributed by atoms with E-state index in [4.69, 9.17) is 28.3 Å². The molecule has 0 aliphatic heterocycles. The monoisotopic (exact) mass is 349 g/mol. The van der Waals surface area contributed by atoms with Crippen LogP contribution in [0, 0.1) is 5.82 Å². The molecule has 2 N–H and O–H groups in total. The molecule has 0 radical (unpaired) electrons. The third kappa shape index (κ3) is 3.85. The molecule has 8 heteroatoms. The molecule has 2 rings (SSSR count). The normalized spacial score (nSPS) is 11.4. The molecule has 21 heavy (non-hydrogen) atoms. The van der Waals surface area contributed by atoms with Gasteiger partial charge in [0.15, 0.2) is 0 Å². The van der Waals surface area contributed by atoms with Gasteiger partial charge in [0.2, 0.25) is 0 Å². The lowest BCUT2D eigenvalue weighted by Crippen LogP contribution is -2.14. The molecule has 0 spiro atoms. The maximum absolute atomic E-state index is 13.8. The highest BCUT2D eigenvalue weighted by molar-refractivity contribution is 7.92. The second-order valence-corrected chi connectivity index (χ2v) is 6.71. The van der Waals surface area contributed by atoms with Crippen LogP contribution >= 0.6 is 23.2 Å². The van der Waals surface area contributed by atoms with Gasteiger partial charge in [-0.1, -0.05) is 29.3 Å². The average Bonchev–Trinajstić information content (AvgIpc) is 2.36. The molecule has 0 saturated heterocycles. The van der Waals surface area contributed by atoms with Crippen molar-refractivity contribution in [3.05, 3.63) is 57.8 Å². The van der Waals surface area contributed by atoms with E-state index < -0.39 is 20.7 Å². The topological polar surface area (TPSA) is 66.4 Å². The predicted molar refractivity (Wildman–Crippen MR) is 79.6 cm³/mol. The van der Waals surface area contributed by atoms with Gasteiger partial charge in [0.25, 0.3) is 10.0 Å². The lowest BCUT2D eigenvalue weighted by Gasteiger charge is -2.10. The zero-order valence-corrected chi connectivity index (χ0v) is 12.8. The van der Waals surface area contributed by atoms with Crippen LogP contribution < -0.4 is 4.72 Å². The molecule has 0 aliphatic carbocycles. The highest BCUT2D eigenvalue weighted by atomic mass is 35.5. The summed E-state index contributed by atoms with van der Waals surface area (Å²) in [5.74, 6) is -0.956. The molecule has 0 aliphatic rings. The Labute approximate surface area is 131 Å². The molecule has 4 nitrogen and oxygen atoms in total. The molecular weight excluding hydrogens is 340 g/mol. The van der Waals surface area contributed by atoms with Crippen LogP contribution in [0.2, 0.25) is 10.0 Å². The van der Waals surface area contributed by atoms with Crippen LogP contribution in [0.15, 0.2) is 41.3 Å². The average molecular weight is 350 g/mol. The minimum atomic E-state index is -4.13. The molecule has 0 fully saturated rings. The Bertz CT molecular complexity index is 761. The Balaban J connectivity index is 2.38. The zero-order valence-electron chi connectivity index (χ0n) is 10.5. The van der Waals surface area contributed by atoms with Crippen molar-refractivity contribution in [3.8, 4) is 0 Å². The second kappa shape index (κ2) is 6.19. The first-order chi connectivity index (χ1) is 9.81. The molecule has 0 heterocycles. The number of halogens is 3. The lowest BCUT2D eigenvalue weighted by atomic mass is 10.2. The number of sulfonamides is 1. The van der Waals surface area contributed by atoms with Crippen molar-refractivity contribution < 1.29 is 17.9 Å². The van der Waals surface area contributed by atoms with Gasteiger partial charge in [-0.15, -0.1) is 0 Å². The number of aliphatic hydroxyl groups is 1. The number of hydrogen-bond acceptors (Lipinski definition) is 3. The molecule has 0 aromatic heterocycles. The fourth-order valence-corrected chi connectivity index (χ4v) is 3.31. The van der Waals surface area contributed by atoms with Crippen LogP contribution in [0.4, 0.5) is 10.1 Å². The Morgan fingerprint density at radius 1 is 1.10 bits per heavy atom. The smallest absolute Gasteiger partial charge is 0.264 e. The Morgan fingerprint density at radius 2 is 1.71 bits per heavy atom. The largest absolute Gasteiger partial charge is 0.392 e. The van der Waals surface area contributed by atoms with E-state index in [2.05, 4.69) is 4.72 Å². The fraction of sp³-hybridized carbons (Fsp3) is 0.0769. The first kappa shape index (κ1) is 16.0. The van der Waals surface area contributed by atoms with Gasteiger partial charge in [-0.05, 0) is 35.9 Å². The number of benzene rings is 2. The first-order valence-electron chi connectivity index (χ1n) is 5.70. The third-order valence-electron chi connectivity index (χ3n) is 2.58. The van der Waals surface area contributed by atoms with E-state index >= 15 is 0 Å². The highest BCUT2D eigenvalue weighted by Crippen LogP contribution is 2.25. The molecule has 0 unspecified atom stereocenters. The summed E-state index contributed by atoms with van der Waals surface area (Å²) in [6.45, 7) is -0.380. The number of hydrogen-bond donors (Lipinski definition) is 2. The Morgan fingerprint density at radius 3 is 2.24 bits per heavy atom. The van der Waals surface area contributed by atoms with Crippen molar-refractivity contribution in [1.29, 1.82) is 0 Å². The minimum absolute atomic E-state index is 0.123. The first-order valence-corrected chi connectivity index (χ1v) is 7.94. The lowest BCUT2D eigenvalue weighted by molar-refractivity contribution is 0.281. The van der Waals surface area contributed by atoms with Crippen molar-refractivity contribution >= 4 is 38.9 Å². The molecule has 112 valence electrons. The molecule has 2 aromatic carbocycles. The van der Waals surface area contributed by atoms with Crippen LogP contribution in [0.25, 0.3) is 0 Å². The number of rotatable bonds is 4. The van der Waals surface area contributed by atoms with Crippen LogP contribution in [0.3, 0.4) is 0 Å². The molecule has 0 amide bonds. The Hall–Kier alpha value is -1.34. The van der Waals surface area contributed by atoms with Gasteiger partial charge in [0.1, 0.15) is 10.7 Å². The van der Waals surface area contributed by atoms with Crippen molar-refractivity contribution in [2.45, 2.75) is 11.5 Å². The van der Waals surface area contributed by atoms with Gasteiger partial charge < -0.3 is 5.11 Å². The van der Waals surface area contributed by atoms with E-state index in [0.29, 0.717) is 0 Å². The van der Waals surface area contributed by atoms with Gasteiger partial charge in [-0.25, -0.2) is 12.8 Å². The van der Waals surface area contributed by atoms with E-state index in [1.54, 1.807) is 0 Å². The van der Waals surface area contributed by atoms with Crippen LogP contribution in [0.1, 0.15) is 5.56 Å². The zero-order chi connectivity index (χ0) is 15.6. The summed E-state index contributed by atoms with van der Waals surface area (Å²) < 4.78 is 40.3. The standard InChI is InChI=1S/C13H10Cl2FNO3S/c14-9-4-10(15)6-11(5-9)17-21(19,20)13-2-1-8(7-18)3-12(13)16/h1-6,17-18H,7H2. The molecule has 0 bridgehead atoms. The quantitative estimate of drug-likeness (QED) is 0.888. The van der Waals surface area contributed by atoms with Gasteiger partial charge in [0.05, 0.1) is 12.3 Å². The summed E-state index contributed by atoms with van der Waals surface area (Å²) >= 11 is 11.5. The highest BCUT2D eigenvalue weighted by Gasteiger charge is 2.19. The summed E-state index contributed by atoms with van der Waals surface area (Å²) in [6.07, 6.45) is 0. The number of nitrogens with one attached hydrogen (secondary N) is 1. The predicted octanol–water partition coefficient (Wildman–Crippen LogP) is 3.43. The van der Waals surface area contributed by atoms with Gasteiger partial charge in [-0.2, -0.15) is 0 Å². The third-order valence-corrected chi connectivity index (χ3v) is 4.43. The van der Waals surface area contributed by atoms with Crippen molar-refractivity contribution in [3.63, 3.8) is 0 Å². The number of anilines is 1. The van der Waals surface area contributed by atoms with E-state index in [9.17, 15) is 12.8 Å². The van der Waals surface area contributed by atoms with E-state index in [0.717, 1.165) is 12.1 Å². The summed E-state index contributed by atoms with van der Waals surface area (Å²) in [4.78, 5) is -0.532. The molecule has 0 saturated carbocycles. The van der Waals surface area contributed by atoms with Crippen LogP contribution in [0.5, 0.6) is 0 Å². The van der Waals surface area contributed by atoms with Crippen LogP contribution in [-0.2, 0) is 16.6 Å². The second-order valence-electron chi connectivity index (χ2n) is 4.19. The van der Waals surface area contributed by atoms with E-state index in [1.807, 2.05) is 0 Å². The van der Waals surface area contributed by atoms with E-state index in [-0.39, 0.29) is 27.9 Å². The molecular formula is C13H10Cl2FNO3S. The van der Waals surface area contributed by atoms with Gasteiger partial charge in [0, 0.05) is 10.0 Å². The Kier molecular flexibility index (Phi) is 4.73. The molecule has 0 atom stereocenters. The summed E-state index contributed by atoms with van der Waals surface area (Å²) in [5, 5.41) is 9.38. The van der Waals surface area contributed by atoms with Crippen molar-refractivity contribution in [2.75, 3.05) is 4.72 Å². The van der Waals surface area contributed by atoms with E-state index in [1.165, 1.54) is 24.3 Å². The van der Waals surface area contributed by atoms with Gasteiger partial charge in [-0.3, -0.25) is 4.72 Å². The minimum Gasteiger partial charge on any atom is -0.392 e. The van der Waals surface area contributed by atoms with Crippen molar-refractivity contribution in [2.24, 2.45) is 0 Å². The van der Waals surface area contributed by atoms with Gasteiger partial charge >= 0.3 is 0 Å². The fourth-order valence-electron chi connectivity index (χ4n) is 1.68. The maximum Gasteiger partial charge on any atom is 0.264 e. The van der Waals surface area contributed by atoms with Crippen molar-refractivity contribution in [1.82, 2.24) is 0 Å². The molecule has 2 aromatic rings. The SMILES string of the molecule is O=S(=O)(Nc1cc(Cl)cc(Cl)c1)c1ccc(CO)cc1F. The number of aliphatic hydroxyl groups excluding tert-OH is 1. The summed E-state index contributed by atoms with van der Waals surface area (Å²) in [7, 11) is -4.13. The maximum atomic E-state index is 13.8. The van der Waals surface area contributed by atoms with Crippen LogP contribution in [-0.4, -0.2) is 13.5 Å². The summed E-state index contributed by atoms with van der Waals surface area (Å²) in [5.41, 5.74) is 0.399. The summed E-state index contributed by atoms with van der Waals surface area (Å²) in [6, 6.07) is 7.50.